The zero-order chi connectivity index (χ0) is 92.6. The number of ketones is 1. The molecule has 0 aromatic heterocycles. The molecule has 0 bridgehead atoms. The molecule has 787 valence electrons. The van der Waals surface area contributed by atoms with Crippen molar-refractivity contribution in [3.63, 3.8) is 0 Å². The number of nitrogens with zero attached hydrogens (tertiary/aromatic N) is 3. The summed E-state index contributed by atoms with van der Waals surface area (Å²) in [6.45, 7) is 36.0. The zero-order valence-electron chi connectivity index (χ0n) is 92.7. The van der Waals surface area contributed by atoms with E-state index in [1.54, 1.807) is 5.57 Å². The van der Waals surface area contributed by atoms with Crippen LogP contribution in [0, 0.1) is 123 Å². The molecule has 4 saturated heterocycles. The zero-order valence-corrected chi connectivity index (χ0v) is 117. The van der Waals surface area contributed by atoms with Crippen molar-refractivity contribution in [2.75, 3.05) is 52.4 Å². The van der Waals surface area contributed by atoms with Crippen LogP contribution in [0.3, 0.4) is 0 Å². The molecular formula is C129H177BBrCl2N4NaOPPdPrY5-10. The normalized spacial score (nSPS) is 11.4. The maximum Gasteiger partial charge on any atom is 1.00 e. The van der Waals surface area contributed by atoms with Crippen LogP contribution in [0.4, 0.5) is 0 Å². The number of Topliss-reactive ketones (excluding diaryl/α,β-unsaturated/α-hetero) is 1. The van der Waals surface area contributed by atoms with Gasteiger partial charge >= 0.3 is 29.6 Å². The fourth-order valence-electron chi connectivity index (χ4n) is 14.0. The van der Waals surface area contributed by atoms with Gasteiger partial charge in [-0.25, -0.2) is 0 Å². The Hall–Kier alpha value is -1.70. The molecule has 14 aromatic rings. The number of hydrogen-bond donors (Lipinski definition) is 1. The predicted octanol–water partition coefficient (Wildman–Crippen LogP) is 31.2. The van der Waals surface area contributed by atoms with Crippen LogP contribution in [0.25, 0.3) is 6.08 Å². The second-order valence-corrected chi connectivity index (χ2v) is 32.5. The van der Waals surface area contributed by atoms with Gasteiger partial charge in [0.1, 0.15) is 5.78 Å². The standard InChI is InChI=1S/C19H23N.C19H21N.C18H15P.C12H15NO.C12H17N.C7H7Br.C7H7.3C6H5.5C2H6.CH4.6CH3.B.2ClH.Na.Pd.Pr.5Y.H2.H/c2*1-3-7-17(8-4-1)15-18-11-13-20(14-12-18)16-19-9-5-2-6-10-19;1-4-10-16(11-5-1)19(17-12-6-2-7-13-17)18-14-8-3-9-15-18;14-12-6-8-13(9-7-12)10-11-4-2-1-3-5-11;1-2-4-11(5-3-1)10-12-6-8-13-9-7-12;8-6-7-4-2-1-3-5-7;1-7-5-3-2-4-6-7;3*1-2-4-6-5-3-1;5*1-2;;;;;;;;;;;;;;;;;;;;/h1-10,18H,11-16H2;1-10,15H,11-14,16H2;1-15H;1-5H,6-10H2;1-5,12-13H,6-10H2;1-5H,6H2;2-6H,1H2;3*1-5H;5*1-2H3;1H4;6*1H3;;2*1H;;;;;;;;;1H;/q;;;;;;4*-1;;;;;;;6*-1;;;;+1;;;;;;;;;-1. The Bertz CT molecular complexity index is 4510. The van der Waals surface area contributed by atoms with E-state index < -0.39 is 7.92 Å². The van der Waals surface area contributed by atoms with E-state index >= 15 is 0 Å². The molecule has 4 aliphatic heterocycles. The molecular weight excluding hydrogens is 2530 g/mol. The van der Waals surface area contributed by atoms with E-state index in [-0.39, 0.29) is 343 Å². The first-order valence-corrected chi connectivity index (χ1v) is 49.8. The maximum absolute atomic E-state index is 11.0. The fourth-order valence-corrected chi connectivity index (χ4v) is 16.7. The Morgan fingerprint density at radius 1 is 0.340 bits per heavy atom. The first-order chi connectivity index (χ1) is 63.9. The van der Waals surface area contributed by atoms with Crippen molar-refractivity contribution < 1.29 is 262 Å². The summed E-state index contributed by atoms with van der Waals surface area (Å²) in [5.74, 6) is 2.18. The van der Waals surface area contributed by atoms with Gasteiger partial charge in [-0.15, -0.1) is 36.9 Å². The minimum atomic E-state index is -0.446. The predicted molar refractivity (Wildman–Crippen MR) is 638 cm³/mol. The second kappa shape index (κ2) is 128. The summed E-state index contributed by atoms with van der Waals surface area (Å²) < 4.78 is 0. The summed E-state index contributed by atoms with van der Waals surface area (Å²) in [6, 6.07) is 154. The molecule has 4 fully saturated rings. The summed E-state index contributed by atoms with van der Waals surface area (Å²) in [4.78, 5) is 18.5. The van der Waals surface area contributed by atoms with Gasteiger partial charge in [0.15, 0.2) is 0 Å². The van der Waals surface area contributed by atoms with Gasteiger partial charge < -0.3 is 51.3 Å². The van der Waals surface area contributed by atoms with Gasteiger partial charge in [0.25, 0.3) is 0 Å². The number of rotatable bonds is 15. The van der Waals surface area contributed by atoms with E-state index in [9.17, 15) is 4.79 Å². The van der Waals surface area contributed by atoms with Crippen LogP contribution >= 0.6 is 48.7 Å². The summed E-state index contributed by atoms with van der Waals surface area (Å²) in [5.41, 5.74) is 12.5. The summed E-state index contributed by atoms with van der Waals surface area (Å²) >= 11 is 3.36. The van der Waals surface area contributed by atoms with E-state index in [4.69, 9.17) is 0 Å². The van der Waals surface area contributed by atoms with Crippen molar-refractivity contribution in [1.29, 1.82) is 0 Å². The van der Waals surface area contributed by atoms with Gasteiger partial charge in [0, 0.05) is 299 Å². The molecule has 4 heterocycles. The van der Waals surface area contributed by atoms with E-state index in [0.29, 0.717) is 5.78 Å². The SMILES string of the molecule is BrCc1ccccc1.C.C(=C1CCN(Cc2ccccc2)CC1)c1ccccc1.CC.CC.CC.CC.CC.Cl.Cl.O=C1CCN(Cc2ccccc2)CC1.[B].[CH2-]c1ccccc1.[CH3-].[CH3-].[CH3-].[CH3-].[CH3-].[CH3-].[H-].[HH].[Na+].[Pd].[Pr].[Y].[Y].[Y].[Y].[Y].[c-]1ccccc1.[c-]1ccccc1.[c-]1ccccc1.c1ccc(CC2CCN(Cc3ccccc3)CC2)cc1.c1ccc(CC2CCNCC2)cc1.c1ccc(P(c2ccccc2)c2ccccc2)cc1. The third-order valence-corrected chi connectivity index (χ3v) is 23.5. The molecule has 1 N–H and O–H groups in total. The summed E-state index contributed by atoms with van der Waals surface area (Å²) in [5, 5.41) is 8.55. The molecule has 147 heavy (non-hydrogen) atoms. The van der Waals surface area contributed by atoms with Gasteiger partial charge in [-0.05, 0) is 152 Å². The van der Waals surface area contributed by atoms with E-state index in [1.807, 2.05) is 215 Å². The van der Waals surface area contributed by atoms with Crippen molar-refractivity contribution in [2.24, 2.45) is 11.8 Å². The van der Waals surface area contributed by atoms with Crippen molar-refractivity contribution >= 4 is 84.9 Å². The van der Waals surface area contributed by atoms with Crippen molar-refractivity contribution in [2.45, 2.75) is 166 Å². The molecule has 0 unspecified atom stereocenters. The fraction of sp³-hybridized carbons (Fsp3) is 0.271. The van der Waals surface area contributed by atoms with Gasteiger partial charge in [0.05, 0.1) is 0 Å². The topological polar surface area (TPSA) is 38.8 Å². The number of likely N-dealkylation sites (tertiary alicyclic amines) is 3. The van der Waals surface area contributed by atoms with Crippen LogP contribution in [0.2, 0.25) is 0 Å². The number of benzene rings is 14. The third-order valence-electron chi connectivity index (χ3n) is 20.4. The van der Waals surface area contributed by atoms with Crippen LogP contribution in [-0.4, -0.2) is 81.3 Å². The molecule has 4 aliphatic rings. The molecule has 0 spiro atoms. The summed E-state index contributed by atoms with van der Waals surface area (Å²) in [6.07, 6.45) is 14.1. The third kappa shape index (κ3) is 89.9. The number of piperidine rings is 4. The first-order valence-electron chi connectivity index (χ1n) is 47.4. The van der Waals surface area contributed by atoms with Crippen LogP contribution in [0.5, 0.6) is 0 Å². The Labute approximate surface area is 1120 Å². The molecule has 18 heteroatoms. The Balaban J connectivity index is -0.0000000865. The number of halogens is 3. The Kier molecular flexibility index (Phi) is 155. The van der Waals surface area contributed by atoms with Crippen molar-refractivity contribution in [1.82, 2.24) is 20.0 Å². The van der Waals surface area contributed by atoms with Crippen LogP contribution in [0.1, 0.15) is 175 Å². The molecule has 14 aromatic carbocycles. The average molecular weight is 2710 g/mol. The van der Waals surface area contributed by atoms with E-state index in [1.165, 1.54) is 145 Å². The molecule has 5 nitrogen and oxygen atoms in total. The average Bonchev–Trinajstić information content (AvgIpc) is 0.815. The van der Waals surface area contributed by atoms with E-state index in [2.05, 4.69) is 346 Å². The molecule has 0 saturated carbocycles. The summed E-state index contributed by atoms with van der Waals surface area (Å²) in [7, 11) is -0.446. The minimum absolute atomic E-state index is 0. The molecule has 0 aliphatic carbocycles. The molecule has 9 radical (unpaired) electrons. The first kappa shape index (κ1) is 178. The van der Waals surface area contributed by atoms with Crippen molar-refractivity contribution in [3.05, 3.63) is 544 Å². The number of carbonyl (C=O) groups excluding carboxylic acids is 1. The molecule has 18 rings (SSSR count). The quantitative estimate of drug-likeness (QED) is 0.0479. The number of alkyl halides is 1. The van der Waals surface area contributed by atoms with E-state index in [0.717, 1.165) is 68.3 Å². The Morgan fingerprint density at radius 2 is 0.558 bits per heavy atom. The number of nitrogens with one attached hydrogen (secondary N) is 1. The van der Waals surface area contributed by atoms with Gasteiger partial charge in [-0.1, -0.05) is 414 Å². The smallest absolute Gasteiger partial charge is 1.00 e. The number of hydrogen-bond acceptors (Lipinski definition) is 5. The van der Waals surface area contributed by atoms with Crippen molar-refractivity contribution in [3.8, 4) is 0 Å². The van der Waals surface area contributed by atoms with Gasteiger partial charge in [0.2, 0.25) is 0 Å². The monoisotopic (exact) mass is 2700 g/mol. The van der Waals surface area contributed by atoms with Gasteiger partial charge in [-0.2, -0.15) is 134 Å². The second-order valence-electron chi connectivity index (χ2n) is 29.7. The largest absolute Gasteiger partial charge is 1.00 e. The van der Waals surface area contributed by atoms with Gasteiger partial charge in [-0.3, -0.25) is 19.5 Å². The Morgan fingerprint density at radius 3 is 0.789 bits per heavy atom. The molecule has 0 amide bonds. The molecule has 0 atom stereocenters. The van der Waals surface area contributed by atoms with Crippen LogP contribution in [-0.2, 0) is 227 Å². The van der Waals surface area contributed by atoms with Crippen LogP contribution in [0.15, 0.2) is 430 Å². The number of carbonyl (C=O) groups is 1. The minimum Gasteiger partial charge on any atom is -1.00 e. The van der Waals surface area contributed by atoms with Crippen LogP contribution < -0.4 is 50.8 Å². The maximum atomic E-state index is 11.0.